The number of sulfonamides is 1. The first-order chi connectivity index (χ1) is 12.0. The molecule has 2 heterocycles. The first-order valence-corrected chi connectivity index (χ1v) is 9.36. The molecule has 2 N–H and O–H groups in total. The topological polar surface area (TPSA) is 101 Å². The molecule has 0 saturated carbocycles. The van der Waals surface area contributed by atoms with Gasteiger partial charge in [-0.15, -0.1) is 0 Å². The van der Waals surface area contributed by atoms with Gasteiger partial charge in [-0.3, -0.25) is 9.82 Å². The molecule has 0 aliphatic heterocycles. The van der Waals surface area contributed by atoms with Crippen molar-refractivity contribution >= 4 is 26.8 Å². The van der Waals surface area contributed by atoms with Crippen molar-refractivity contribution in [2.45, 2.75) is 0 Å². The molecule has 0 aliphatic rings. The maximum atomic E-state index is 11.3. The van der Waals surface area contributed by atoms with E-state index in [9.17, 15) is 8.42 Å². The number of aromatic nitrogens is 3. The van der Waals surface area contributed by atoms with E-state index >= 15 is 0 Å². The molecule has 126 valence electrons. The molecule has 0 radical (unpaired) electrons. The first-order valence-electron chi connectivity index (χ1n) is 7.47. The van der Waals surface area contributed by atoms with E-state index in [0.717, 1.165) is 28.6 Å². The lowest BCUT2D eigenvalue weighted by atomic mass is 10.1. The van der Waals surface area contributed by atoms with Gasteiger partial charge >= 0.3 is 0 Å². The Morgan fingerprint density at radius 2 is 1.84 bits per heavy atom. The Balaban J connectivity index is 1.72. The highest BCUT2D eigenvalue weighted by molar-refractivity contribution is 7.92. The summed E-state index contributed by atoms with van der Waals surface area (Å²) in [6.07, 6.45) is 2.77. The number of hydrogen-bond donors (Lipinski definition) is 2. The fourth-order valence-electron chi connectivity index (χ4n) is 2.57. The molecule has 0 aliphatic carbocycles. The van der Waals surface area contributed by atoms with Crippen LogP contribution in [0.25, 0.3) is 33.8 Å². The average Bonchev–Trinajstić information content (AvgIpc) is 3.20. The van der Waals surface area contributed by atoms with Gasteiger partial charge in [0.25, 0.3) is 0 Å². The van der Waals surface area contributed by atoms with Crippen molar-refractivity contribution in [2.24, 2.45) is 0 Å². The third-order valence-electron chi connectivity index (χ3n) is 3.64. The van der Waals surface area contributed by atoms with Crippen molar-refractivity contribution in [3.63, 3.8) is 0 Å². The van der Waals surface area contributed by atoms with Crippen molar-refractivity contribution in [1.29, 1.82) is 0 Å². The SMILES string of the molecule is CS(=O)(=O)Nc1ccc(-c2[nH]ncc2-c2nc3ccccc3o2)cc1. The van der Waals surface area contributed by atoms with E-state index in [1.165, 1.54) is 0 Å². The molecule has 0 saturated heterocycles. The zero-order valence-corrected chi connectivity index (χ0v) is 14.0. The van der Waals surface area contributed by atoms with Gasteiger partial charge in [0.05, 0.1) is 23.7 Å². The van der Waals surface area contributed by atoms with E-state index in [4.69, 9.17) is 4.42 Å². The molecule has 2 aromatic heterocycles. The number of anilines is 1. The molecule has 4 rings (SSSR count). The summed E-state index contributed by atoms with van der Waals surface area (Å²) in [5.74, 6) is 0.475. The zero-order valence-electron chi connectivity index (χ0n) is 13.2. The Morgan fingerprint density at radius 1 is 1.08 bits per heavy atom. The number of nitrogens with zero attached hydrogens (tertiary/aromatic N) is 2. The highest BCUT2D eigenvalue weighted by atomic mass is 32.2. The normalized spacial score (nSPS) is 11.7. The molecule has 4 aromatic rings. The summed E-state index contributed by atoms with van der Waals surface area (Å²) in [5, 5.41) is 7.03. The molecular formula is C17H14N4O3S. The summed E-state index contributed by atoms with van der Waals surface area (Å²) in [5.41, 5.74) is 4.30. The van der Waals surface area contributed by atoms with E-state index in [0.29, 0.717) is 17.2 Å². The van der Waals surface area contributed by atoms with Crippen molar-refractivity contribution < 1.29 is 12.8 Å². The summed E-state index contributed by atoms with van der Waals surface area (Å²) in [6, 6.07) is 14.5. The van der Waals surface area contributed by atoms with Crippen LogP contribution in [0, 0.1) is 0 Å². The van der Waals surface area contributed by atoms with Crippen LogP contribution < -0.4 is 4.72 Å². The van der Waals surface area contributed by atoms with Gasteiger partial charge in [-0.2, -0.15) is 5.10 Å². The highest BCUT2D eigenvalue weighted by Crippen LogP contribution is 2.32. The largest absolute Gasteiger partial charge is 0.436 e. The number of H-pyrrole nitrogens is 1. The second-order valence-electron chi connectivity index (χ2n) is 5.60. The van der Waals surface area contributed by atoms with Crippen molar-refractivity contribution in [2.75, 3.05) is 11.0 Å². The van der Waals surface area contributed by atoms with Gasteiger partial charge in [0.1, 0.15) is 5.52 Å². The molecule has 2 aromatic carbocycles. The molecule has 0 spiro atoms. The molecular weight excluding hydrogens is 340 g/mol. The van der Waals surface area contributed by atoms with Crippen LogP contribution in [0.2, 0.25) is 0 Å². The Hall–Kier alpha value is -3.13. The quantitative estimate of drug-likeness (QED) is 0.586. The number of hydrogen-bond acceptors (Lipinski definition) is 5. The van der Waals surface area contributed by atoms with Gasteiger partial charge in [0.15, 0.2) is 5.58 Å². The average molecular weight is 354 g/mol. The third-order valence-corrected chi connectivity index (χ3v) is 4.25. The van der Waals surface area contributed by atoms with Crippen LogP contribution in [-0.2, 0) is 10.0 Å². The minimum Gasteiger partial charge on any atom is -0.436 e. The zero-order chi connectivity index (χ0) is 17.4. The lowest BCUT2D eigenvalue weighted by molar-refractivity contribution is 0.607. The molecule has 0 fully saturated rings. The van der Waals surface area contributed by atoms with Crippen LogP contribution in [0.4, 0.5) is 5.69 Å². The van der Waals surface area contributed by atoms with Crippen LogP contribution in [0.15, 0.2) is 59.1 Å². The van der Waals surface area contributed by atoms with Gasteiger partial charge in [-0.25, -0.2) is 13.4 Å². The fourth-order valence-corrected chi connectivity index (χ4v) is 3.14. The standard InChI is InChI=1S/C17H14N4O3S/c1-25(22,23)21-12-8-6-11(7-9-12)16-13(10-18-20-16)17-19-14-4-2-3-5-15(14)24-17/h2-10,21H,1H3,(H,18,20). The molecule has 0 unspecified atom stereocenters. The third kappa shape index (κ3) is 3.11. The Labute approximate surface area is 143 Å². The minimum atomic E-state index is -3.30. The maximum absolute atomic E-state index is 11.3. The maximum Gasteiger partial charge on any atom is 0.231 e. The summed E-state index contributed by atoms with van der Waals surface area (Å²) in [6.45, 7) is 0. The van der Waals surface area contributed by atoms with Gasteiger partial charge in [0, 0.05) is 11.3 Å². The van der Waals surface area contributed by atoms with Crippen LogP contribution >= 0.6 is 0 Å². The summed E-state index contributed by atoms with van der Waals surface area (Å²) < 4.78 is 30.8. The summed E-state index contributed by atoms with van der Waals surface area (Å²) in [4.78, 5) is 4.49. The van der Waals surface area contributed by atoms with Crippen molar-refractivity contribution in [3.8, 4) is 22.7 Å². The number of fused-ring (bicyclic) bond motifs is 1. The molecule has 0 atom stereocenters. The van der Waals surface area contributed by atoms with Crippen molar-refractivity contribution in [1.82, 2.24) is 15.2 Å². The molecule has 25 heavy (non-hydrogen) atoms. The number of aromatic amines is 1. The number of para-hydroxylation sites is 2. The van der Waals surface area contributed by atoms with E-state index < -0.39 is 10.0 Å². The van der Waals surface area contributed by atoms with Crippen LogP contribution in [0.1, 0.15) is 0 Å². The Morgan fingerprint density at radius 3 is 2.56 bits per heavy atom. The molecule has 0 amide bonds. The minimum absolute atomic E-state index is 0.475. The van der Waals surface area contributed by atoms with Gasteiger partial charge < -0.3 is 4.42 Å². The second kappa shape index (κ2) is 5.75. The Kier molecular flexibility index (Phi) is 3.54. The number of benzene rings is 2. The predicted molar refractivity (Wildman–Crippen MR) is 95.5 cm³/mol. The lowest BCUT2D eigenvalue weighted by Crippen LogP contribution is -2.09. The fraction of sp³-hybridized carbons (Fsp3) is 0.0588. The predicted octanol–water partition coefficient (Wildman–Crippen LogP) is 3.26. The molecule has 7 nitrogen and oxygen atoms in total. The van der Waals surface area contributed by atoms with Gasteiger partial charge in [-0.1, -0.05) is 24.3 Å². The van der Waals surface area contributed by atoms with Crippen LogP contribution in [0.5, 0.6) is 0 Å². The highest BCUT2D eigenvalue weighted by Gasteiger charge is 2.15. The second-order valence-corrected chi connectivity index (χ2v) is 7.35. The van der Waals surface area contributed by atoms with Gasteiger partial charge in [-0.05, 0) is 24.3 Å². The van der Waals surface area contributed by atoms with Crippen molar-refractivity contribution in [3.05, 3.63) is 54.7 Å². The van der Waals surface area contributed by atoms with E-state index in [1.54, 1.807) is 30.5 Å². The number of nitrogens with one attached hydrogen (secondary N) is 2. The molecule has 8 heteroatoms. The number of oxazole rings is 1. The van der Waals surface area contributed by atoms with E-state index in [-0.39, 0.29) is 0 Å². The number of rotatable bonds is 4. The monoisotopic (exact) mass is 354 g/mol. The van der Waals surface area contributed by atoms with Crippen LogP contribution in [0.3, 0.4) is 0 Å². The first kappa shape index (κ1) is 15.4. The van der Waals surface area contributed by atoms with Crippen LogP contribution in [-0.4, -0.2) is 29.9 Å². The summed E-state index contributed by atoms with van der Waals surface area (Å²) in [7, 11) is -3.30. The van der Waals surface area contributed by atoms with Gasteiger partial charge in [0.2, 0.25) is 15.9 Å². The van der Waals surface area contributed by atoms with E-state index in [2.05, 4.69) is 19.9 Å². The Bertz CT molecular complexity index is 1110. The summed E-state index contributed by atoms with van der Waals surface area (Å²) >= 11 is 0. The molecule has 0 bridgehead atoms. The smallest absolute Gasteiger partial charge is 0.231 e. The van der Waals surface area contributed by atoms with E-state index in [1.807, 2.05) is 24.3 Å². The lowest BCUT2D eigenvalue weighted by Gasteiger charge is -2.05.